The first-order chi connectivity index (χ1) is 11.5. The molecule has 1 atom stereocenters. The summed E-state index contributed by atoms with van der Waals surface area (Å²) in [7, 11) is 0. The smallest absolute Gasteiger partial charge is 0.336 e. The number of fused-ring (bicyclic) bond motifs is 1. The minimum absolute atomic E-state index is 0.284. The molecule has 0 aliphatic carbocycles. The Morgan fingerprint density at radius 3 is 2.67 bits per heavy atom. The van der Waals surface area contributed by atoms with Crippen molar-refractivity contribution in [1.82, 2.24) is 0 Å². The molecule has 122 valence electrons. The summed E-state index contributed by atoms with van der Waals surface area (Å²) in [5.74, 6) is -0.284. The van der Waals surface area contributed by atoms with Crippen molar-refractivity contribution < 1.29 is 9.21 Å². The van der Waals surface area contributed by atoms with Gasteiger partial charge in [-0.15, -0.1) is 0 Å². The minimum atomic E-state index is -0.660. The SMILES string of the molecule is Cc1cc(=O)oc2cc(NC(=O)[C@H](N)Cc3ccccc3)ccc12. The zero-order valence-corrected chi connectivity index (χ0v) is 13.3. The van der Waals surface area contributed by atoms with Crippen molar-refractivity contribution in [1.29, 1.82) is 0 Å². The molecule has 3 rings (SSSR count). The Balaban J connectivity index is 1.76. The highest BCUT2D eigenvalue weighted by molar-refractivity contribution is 5.96. The first-order valence-corrected chi connectivity index (χ1v) is 7.68. The second-order valence-electron chi connectivity index (χ2n) is 5.74. The van der Waals surface area contributed by atoms with Crippen LogP contribution in [0.1, 0.15) is 11.1 Å². The number of carbonyl (C=O) groups excluding carboxylic acids is 1. The van der Waals surface area contributed by atoms with Gasteiger partial charge >= 0.3 is 5.63 Å². The second-order valence-corrected chi connectivity index (χ2v) is 5.74. The second kappa shape index (κ2) is 6.68. The predicted octanol–water partition coefficient (Wildman–Crippen LogP) is 2.61. The van der Waals surface area contributed by atoms with E-state index in [0.29, 0.717) is 17.7 Å². The van der Waals surface area contributed by atoms with Gasteiger partial charge in [0.25, 0.3) is 0 Å². The van der Waals surface area contributed by atoms with Gasteiger partial charge in [-0.05, 0) is 36.6 Å². The molecule has 2 aromatic carbocycles. The summed E-state index contributed by atoms with van der Waals surface area (Å²) in [5.41, 5.74) is 8.38. The van der Waals surface area contributed by atoms with E-state index in [1.54, 1.807) is 12.1 Å². The van der Waals surface area contributed by atoms with Crippen LogP contribution < -0.4 is 16.7 Å². The standard InChI is InChI=1S/C19H18N2O3/c1-12-9-18(22)24-17-11-14(7-8-15(12)17)21-19(23)16(20)10-13-5-3-2-4-6-13/h2-9,11,16H,10,20H2,1H3,(H,21,23)/t16-/m1/s1. The molecule has 1 aromatic heterocycles. The van der Waals surface area contributed by atoms with E-state index in [1.165, 1.54) is 6.07 Å². The number of hydrogen-bond donors (Lipinski definition) is 2. The molecule has 0 saturated carbocycles. The maximum absolute atomic E-state index is 12.3. The molecular formula is C19H18N2O3. The summed E-state index contributed by atoms with van der Waals surface area (Å²) in [4.78, 5) is 23.7. The van der Waals surface area contributed by atoms with E-state index in [-0.39, 0.29) is 5.91 Å². The molecule has 0 aliphatic rings. The Morgan fingerprint density at radius 1 is 1.17 bits per heavy atom. The number of nitrogens with one attached hydrogen (secondary N) is 1. The summed E-state index contributed by atoms with van der Waals surface area (Å²) < 4.78 is 5.18. The zero-order valence-electron chi connectivity index (χ0n) is 13.3. The molecule has 0 bridgehead atoms. The maximum Gasteiger partial charge on any atom is 0.336 e. The van der Waals surface area contributed by atoms with Gasteiger partial charge in [0.15, 0.2) is 0 Å². The van der Waals surface area contributed by atoms with Gasteiger partial charge in [0, 0.05) is 23.2 Å². The monoisotopic (exact) mass is 322 g/mol. The lowest BCUT2D eigenvalue weighted by Crippen LogP contribution is -2.37. The number of aryl methyl sites for hydroxylation is 1. The lowest BCUT2D eigenvalue weighted by Gasteiger charge is -2.13. The summed E-state index contributed by atoms with van der Waals surface area (Å²) in [6.45, 7) is 1.84. The molecule has 0 unspecified atom stereocenters. The van der Waals surface area contributed by atoms with Crippen molar-refractivity contribution in [3.05, 3.63) is 76.1 Å². The van der Waals surface area contributed by atoms with Gasteiger partial charge in [-0.1, -0.05) is 30.3 Å². The lowest BCUT2D eigenvalue weighted by atomic mass is 10.1. The third-order valence-electron chi connectivity index (χ3n) is 3.85. The maximum atomic E-state index is 12.3. The third kappa shape index (κ3) is 3.52. The number of amides is 1. The van der Waals surface area contributed by atoms with E-state index in [4.69, 9.17) is 10.2 Å². The summed E-state index contributed by atoms with van der Waals surface area (Å²) in [6.07, 6.45) is 0.453. The highest BCUT2D eigenvalue weighted by Crippen LogP contribution is 2.20. The zero-order chi connectivity index (χ0) is 17.1. The van der Waals surface area contributed by atoms with Gasteiger partial charge in [0.2, 0.25) is 5.91 Å². The number of carbonyl (C=O) groups is 1. The van der Waals surface area contributed by atoms with Gasteiger partial charge in [-0.3, -0.25) is 4.79 Å². The van der Waals surface area contributed by atoms with Gasteiger partial charge in [0.05, 0.1) is 6.04 Å². The molecule has 24 heavy (non-hydrogen) atoms. The highest BCUT2D eigenvalue weighted by atomic mass is 16.4. The highest BCUT2D eigenvalue weighted by Gasteiger charge is 2.14. The number of hydrogen-bond acceptors (Lipinski definition) is 4. The van der Waals surface area contributed by atoms with Crippen molar-refractivity contribution in [3.63, 3.8) is 0 Å². The number of anilines is 1. The Morgan fingerprint density at radius 2 is 1.92 bits per heavy atom. The number of rotatable bonds is 4. The van der Waals surface area contributed by atoms with E-state index in [2.05, 4.69) is 5.32 Å². The largest absolute Gasteiger partial charge is 0.423 e. The summed E-state index contributed by atoms with van der Waals surface area (Å²) in [6, 6.07) is 15.6. The average Bonchev–Trinajstić information content (AvgIpc) is 2.55. The van der Waals surface area contributed by atoms with Gasteiger partial charge in [-0.25, -0.2) is 4.79 Å². The van der Waals surface area contributed by atoms with Crippen LogP contribution in [0.15, 0.2) is 63.8 Å². The molecule has 3 aromatic rings. The fourth-order valence-corrected chi connectivity index (χ4v) is 2.60. The minimum Gasteiger partial charge on any atom is -0.423 e. The predicted molar refractivity (Wildman–Crippen MR) is 94.0 cm³/mol. The molecule has 0 saturated heterocycles. The molecule has 0 aliphatic heterocycles. The Hall–Kier alpha value is -2.92. The molecular weight excluding hydrogens is 304 g/mol. The van der Waals surface area contributed by atoms with E-state index >= 15 is 0 Å². The molecule has 0 fully saturated rings. The van der Waals surface area contributed by atoms with Crippen LogP contribution in [0.5, 0.6) is 0 Å². The summed E-state index contributed by atoms with van der Waals surface area (Å²) in [5, 5.41) is 3.60. The fraction of sp³-hybridized carbons (Fsp3) is 0.158. The van der Waals surface area contributed by atoms with Crippen LogP contribution in [0.2, 0.25) is 0 Å². The molecule has 0 radical (unpaired) electrons. The van der Waals surface area contributed by atoms with Crippen LogP contribution in [0, 0.1) is 6.92 Å². The van der Waals surface area contributed by atoms with E-state index in [0.717, 1.165) is 16.5 Å². The number of nitrogens with two attached hydrogens (primary N) is 1. The average molecular weight is 322 g/mol. The van der Waals surface area contributed by atoms with Crippen molar-refractivity contribution in [2.75, 3.05) is 5.32 Å². The Bertz CT molecular complexity index is 932. The van der Waals surface area contributed by atoms with Gasteiger partial charge in [-0.2, -0.15) is 0 Å². The van der Waals surface area contributed by atoms with Crippen LogP contribution in [0.4, 0.5) is 5.69 Å². The fourth-order valence-electron chi connectivity index (χ4n) is 2.60. The van der Waals surface area contributed by atoms with Crippen LogP contribution in [-0.2, 0) is 11.2 Å². The van der Waals surface area contributed by atoms with Crippen molar-refractivity contribution >= 4 is 22.6 Å². The lowest BCUT2D eigenvalue weighted by molar-refractivity contribution is -0.117. The van der Waals surface area contributed by atoms with Gasteiger partial charge in [0.1, 0.15) is 5.58 Å². The van der Waals surface area contributed by atoms with Crippen LogP contribution in [0.25, 0.3) is 11.0 Å². The third-order valence-corrected chi connectivity index (χ3v) is 3.85. The quantitative estimate of drug-likeness (QED) is 0.723. The molecule has 5 nitrogen and oxygen atoms in total. The molecule has 1 heterocycles. The normalized spacial score (nSPS) is 12.1. The van der Waals surface area contributed by atoms with Crippen LogP contribution in [0.3, 0.4) is 0 Å². The topological polar surface area (TPSA) is 85.3 Å². The molecule has 3 N–H and O–H groups in total. The van der Waals surface area contributed by atoms with E-state index in [9.17, 15) is 9.59 Å². The molecule has 0 spiro atoms. The van der Waals surface area contributed by atoms with Crippen LogP contribution in [-0.4, -0.2) is 11.9 Å². The Kier molecular flexibility index (Phi) is 4.44. The van der Waals surface area contributed by atoms with Crippen LogP contribution >= 0.6 is 0 Å². The summed E-state index contributed by atoms with van der Waals surface area (Å²) >= 11 is 0. The molecule has 5 heteroatoms. The first kappa shape index (κ1) is 16.0. The van der Waals surface area contributed by atoms with Crippen molar-refractivity contribution in [2.24, 2.45) is 5.73 Å². The number of benzene rings is 2. The Labute approximate surface area is 139 Å². The van der Waals surface area contributed by atoms with Gasteiger partial charge < -0.3 is 15.5 Å². The van der Waals surface area contributed by atoms with E-state index < -0.39 is 11.7 Å². The van der Waals surface area contributed by atoms with E-state index in [1.807, 2.05) is 43.3 Å². The first-order valence-electron chi connectivity index (χ1n) is 7.68. The molecule has 1 amide bonds. The van der Waals surface area contributed by atoms with Crippen molar-refractivity contribution in [3.8, 4) is 0 Å². The van der Waals surface area contributed by atoms with Crippen molar-refractivity contribution in [2.45, 2.75) is 19.4 Å².